The number of nitrogens with one attached hydrogen (secondary N) is 1. The third-order valence-corrected chi connectivity index (χ3v) is 2.71. The Balaban J connectivity index is 2.89. The minimum atomic E-state index is -0.983. The molecule has 1 atom stereocenters. The van der Waals surface area contributed by atoms with E-state index in [0.29, 0.717) is 26.0 Å². The molecule has 0 aromatic rings. The largest absolute Gasteiger partial charge is 0.465 e. The van der Waals surface area contributed by atoms with Crippen LogP contribution in [0.1, 0.15) is 19.8 Å². The van der Waals surface area contributed by atoms with Crippen LogP contribution in [0.4, 0.5) is 0 Å². The Morgan fingerprint density at radius 1 is 1.73 bits per heavy atom. The lowest BCUT2D eigenvalue weighted by Gasteiger charge is -2.32. The van der Waals surface area contributed by atoms with Crippen molar-refractivity contribution in [3.63, 3.8) is 0 Å². The average Bonchev–Trinajstić information content (AvgIpc) is 2.22. The lowest BCUT2D eigenvalue weighted by Crippen LogP contribution is -2.50. The highest BCUT2D eigenvalue weighted by atomic mass is 16.5. The van der Waals surface area contributed by atoms with Crippen LogP contribution in [0.2, 0.25) is 0 Å². The normalized spacial score (nSPS) is 26.1. The molecule has 0 amide bonds. The fourth-order valence-corrected chi connectivity index (χ4v) is 1.84. The van der Waals surface area contributed by atoms with Crippen LogP contribution in [0, 0.1) is 5.41 Å². The van der Waals surface area contributed by atoms with E-state index < -0.39 is 11.4 Å². The van der Waals surface area contributed by atoms with Gasteiger partial charge in [0.05, 0.1) is 13.2 Å². The van der Waals surface area contributed by atoms with Crippen molar-refractivity contribution in [2.75, 3.05) is 19.7 Å². The summed E-state index contributed by atoms with van der Waals surface area (Å²) in [4.78, 5) is 23.6. The quantitative estimate of drug-likeness (QED) is 0.422. The molecular weight excluding hydrogens is 194 g/mol. The van der Waals surface area contributed by atoms with Gasteiger partial charge in [0.15, 0.2) is 5.78 Å². The first-order valence-corrected chi connectivity index (χ1v) is 5.19. The van der Waals surface area contributed by atoms with Gasteiger partial charge in [-0.1, -0.05) is 6.08 Å². The van der Waals surface area contributed by atoms with Gasteiger partial charge in [-0.05, 0) is 26.3 Å². The number of piperidine rings is 1. The van der Waals surface area contributed by atoms with Gasteiger partial charge in [0, 0.05) is 0 Å². The Morgan fingerprint density at radius 2 is 2.47 bits per heavy atom. The molecule has 1 aliphatic rings. The van der Waals surface area contributed by atoms with Crippen LogP contribution in [-0.4, -0.2) is 31.4 Å². The van der Waals surface area contributed by atoms with Gasteiger partial charge in [0.2, 0.25) is 0 Å². The summed E-state index contributed by atoms with van der Waals surface area (Å²) in [6, 6.07) is 0. The molecule has 1 rings (SSSR count). The van der Waals surface area contributed by atoms with Gasteiger partial charge in [0.1, 0.15) is 5.41 Å². The predicted octanol–water partition coefficient (Wildman–Crippen LogP) is 0.674. The fraction of sp³-hybridized carbons (Fsp3) is 0.636. The van der Waals surface area contributed by atoms with Gasteiger partial charge in [-0.15, -0.1) is 6.58 Å². The van der Waals surface area contributed by atoms with Crippen molar-refractivity contribution in [2.45, 2.75) is 19.8 Å². The molecule has 0 saturated carbocycles. The standard InChI is InChI=1S/C11H17NO3/c1-3-5-11(10(14)15-4-2)6-7-12-8-9(11)13/h3,12H,1,4-8H2,2H3. The smallest absolute Gasteiger partial charge is 0.320 e. The fourth-order valence-electron chi connectivity index (χ4n) is 1.84. The van der Waals surface area contributed by atoms with Crippen molar-refractivity contribution in [3.05, 3.63) is 12.7 Å². The molecule has 1 unspecified atom stereocenters. The van der Waals surface area contributed by atoms with Crippen LogP contribution in [0.3, 0.4) is 0 Å². The number of ketones is 1. The highest BCUT2D eigenvalue weighted by Gasteiger charge is 2.46. The Kier molecular flexibility index (Phi) is 4.03. The first kappa shape index (κ1) is 11.9. The Bertz CT molecular complexity index is 275. The van der Waals surface area contributed by atoms with Crippen molar-refractivity contribution >= 4 is 11.8 Å². The number of carbonyl (C=O) groups excluding carboxylic acids is 2. The third kappa shape index (κ3) is 2.26. The molecule has 0 aromatic carbocycles. The Morgan fingerprint density at radius 3 is 3.00 bits per heavy atom. The van der Waals surface area contributed by atoms with Gasteiger partial charge >= 0.3 is 5.97 Å². The van der Waals surface area contributed by atoms with Crippen molar-refractivity contribution in [2.24, 2.45) is 5.41 Å². The number of allylic oxidation sites excluding steroid dienone is 1. The van der Waals surface area contributed by atoms with E-state index in [1.807, 2.05) is 0 Å². The molecule has 0 spiro atoms. The molecule has 15 heavy (non-hydrogen) atoms. The minimum absolute atomic E-state index is 0.0906. The van der Waals surface area contributed by atoms with E-state index in [4.69, 9.17) is 4.74 Å². The summed E-state index contributed by atoms with van der Waals surface area (Å²) < 4.78 is 4.97. The number of esters is 1. The first-order valence-electron chi connectivity index (χ1n) is 5.19. The zero-order valence-corrected chi connectivity index (χ0v) is 9.04. The van der Waals surface area contributed by atoms with E-state index >= 15 is 0 Å². The number of Topliss-reactive ketones (excluding diaryl/α,β-unsaturated/α-hetero) is 1. The van der Waals surface area contributed by atoms with E-state index in [1.54, 1.807) is 13.0 Å². The van der Waals surface area contributed by atoms with E-state index in [0.717, 1.165) is 0 Å². The van der Waals surface area contributed by atoms with Crippen LogP contribution in [0.25, 0.3) is 0 Å². The SMILES string of the molecule is C=CCC1(C(=O)OCC)CCNCC1=O. The lowest BCUT2D eigenvalue weighted by molar-refractivity contribution is -0.161. The zero-order valence-electron chi connectivity index (χ0n) is 9.04. The summed E-state index contributed by atoms with van der Waals surface area (Å²) in [5.74, 6) is -0.497. The van der Waals surface area contributed by atoms with Crippen molar-refractivity contribution < 1.29 is 14.3 Å². The molecule has 4 nitrogen and oxygen atoms in total. The maximum absolute atomic E-state index is 11.8. The maximum Gasteiger partial charge on any atom is 0.320 e. The average molecular weight is 211 g/mol. The second kappa shape index (κ2) is 5.07. The molecule has 0 aliphatic carbocycles. The highest BCUT2D eigenvalue weighted by Crippen LogP contribution is 2.31. The molecule has 1 heterocycles. The van der Waals surface area contributed by atoms with E-state index in [1.165, 1.54) is 0 Å². The molecule has 0 bridgehead atoms. The van der Waals surface area contributed by atoms with Crippen molar-refractivity contribution in [1.82, 2.24) is 5.32 Å². The number of rotatable bonds is 4. The predicted molar refractivity (Wildman–Crippen MR) is 56.4 cm³/mol. The number of carbonyl (C=O) groups is 2. The van der Waals surface area contributed by atoms with Crippen molar-refractivity contribution in [1.29, 1.82) is 0 Å². The second-order valence-corrected chi connectivity index (χ2v) is 3.65. The van der Waals surface area contributed by atoms with Crippen LogP contribution < -0.4 is 5.32 Å². The third-order valence-electron chi connectivity index (χ3n) is 2.71. The maximum atomic E-state index is 11.8. The van der Waals surface area contributed by atoms with Crippen LogP contribution in [0.5, 0.6) is 0 Å². The molecule has 84 valence electrons. The summed E-state index contributed by atoms with van der Waals surface area (Å²) >= 11 is 0. The molecule has 0 radical (unpaired) electrons. The van der Waals surface area contributed by atoms with Crippen LogP contribution >= 0.6 is 0 Å². The summed E-state index contributed by atoms with van der Waals surface area (Å²) in [6.45, 7) is 6.55. The molecule has 1 aliphatic heterocycles. The molecule has 1 saturated heterocycles. The first-order chi connectivity index (χ1) is 7.17. The Hall–Kier alpha value is -1.16. The topological polar surface area (TPSA) is 55.4 Å². The van der Waals surface area contributed by atoms with Crippen LogP contribution in [-0.2, 0) is 14.3 Å². The van der Waals surface area contributed by atoms with Gasteiger partial charge in [0.25, 0.3) is 0 Å². The Labute approximate surface area is 89.7 Å². The van der Waals surface area contributed by atoms with E-state index in [2.05, 4.69) is 11.9 Å². The van der Waals surface area contributed by atoms with E-state index in [-0.39, 0.29) is 12.3 Å². The molecule has 4 heteroatoms. The summed E-state index contributed by atoms with van der Waals surface area (Å²) in [5, 5.41) is 2.95. The number of hydrogen-bond donors (Lipinski definition) is 1. The van der Waals surface area contributed by atoms with Crippen molar-refractivity contribution in [3.8, 4) is 0 Å². The molecule has 1 N–H and O–H groups in total. The summed E-state index contributed by atoms with van der Waals surface area (Å²) in [6.07, 6.45) is 2.48. The number of hydrogen-bond acceptors (Lipinski definition) is 4. The zero-order chi connectivity index (χ0) is 11.3. The van der Waals surface area contributed by atoms with Crippen LogP contribution in [0.15, 0.2) is 12.7 Å². The molecular formula is C11H17NO3. The monoisotopic (exact) mass is 211 g/mol. The van der Waals surface area contributed by atoms with Gasteiger partial charge in [-0.25, -0.2) is 0 Å². The van der Waals surface area contributed by atoms with Gasteiger partial charge in [-0.3, -0.25) is 9.59 Å². The molecule has 0 aromatic heterocycles. The van der Waals surface area contributed by atoms with Gasteiger partial charge < -0.3 is 10.1 Å². The lowest BCUT2D eigenvalue weighted by atomic mass is 9.75. The highest BCUT2D eigenvalue weighted by molar-refractivity contribution is 6.05. The summed E-state index contributed by atoms with van der Waals surface area (Å²) in [7, 11) is 0. The van der Waals surface area contributed by atoms with Gasteiger partial charge in [-0.2, -0.15) is 0 Å². The number of ether oxygens (including phenoxy) is 1. The second-order valence-electron chi connectivity index (χ2n) is 3.65. The summed E-state index contributed by atoms with van der Waals surface area (Å²) in [5.41, 5.74) is -0.983. The minimum Gasteiger partial charge on any atom is -0.465 e. The molecule has 1 fully saturated rings. The van der Waals surface area contributed by atoms with E-state index in [9.17, 15) is 9.59 Å².